The van der Waals surface area contributed by atoms with E-state index in [0.717, 1.165) is 17.5 Å². The third-order valence-electron chi connectivity index (χ3n) is 2.04. The van der Waals surface area contributed by atoms with Crippen LogP contribution in [-0.2, 0) is 10.0 Å². The van der Waals surface area contributed by atoms with Gasteiger partial charge in [0.05, 0.1) is 4.90 Å². The maximum Gasteiger partial charge on any atom is 0.238 e. The zero-order valence-electron chi connectivity index (χ0n) is 7.94. The number of hydrogen-bond acceptors (Lipinski definition) is 4. The van der Waals surface area contributed by atoms with Gasteiger partial charge in [0.25, 0.3) is 0 Å². The minimum absolute atomic E-state index is 0.144. The summed E-state index contributed by atoms with van der Waals surface area (Å²) in [6.07, 6.45) is 0. The normalized spacial score (nSPS) is 11.7. The number of nitrogens with two attached hydrogens (primary N) is 2. The van der Waals surface area contributed by atoms with Crippen LogP contribution in [0, 0.1) is 13.8 Å². The topological polar surface area (TPSA) is 86.2 Å². The molecule has 0 aliphatic rings. The fraction of sp³-hybridized carbons (Fsp3) is 0.250. The Morgan fingerprint density at radius 1 is 1.29 bits per heavy atom. The number of hydrogen-bond donors (Lipinski definition) is 2. The molecule has 78 valence electrons. The second-order valence-corrected chi connectivity index (χ2v) is 5.26. The van der Waals surface area contributed by atoms with Crippen LogP contribution in [0.4, 0.5) is 0 Å². The van der Waals surface area contributed by atoms with Gasteiger partial charge in [-0.25, -0.2) is 13.6 Å². The van der Waals surface area contributed by atoms with E-state index in [1.165, 1.54) is 6.07 Å². The van der Waals surface area contributed by atoms with Crippen molar-refractivity contribution >= 4 is 22.0 Å². The molecule has 1 rings (SSSR count). The lowest BCUT2D eigenvalue weighted by molar-refractivity contribution is 0.597. The van der Waals surface area contributed by atoms with Crippen LogP contribution in [0.5, 0.6) is 0 Å². The van der Waals surface area contributed by atoms with Crippen LogP contribution in [0.3, 0.4) is 0 Å². The maximum absolute atomic E-state index is 11.2. The Labute approximate surface area is 87.9 Å². The van der Waals surface area contributed by atoms with Gasteiger partial charge in [-0.05, 0) is 49.1 Å². The van der Waals surface area contributed by atoms with Gasteiger partial charge in [0.15, 0.2) is 0 Å². The lowest BCUT2D eigenvalue weighted by Gasteiger charge is -2.08. The molecule has 0 saturated carbocycles. The highest BCUT2D eigenvalue weighted by molar-refractivity contribution is 7.97. The lowest BCUT2D eigenvalue weighted by Crippen LogP contribution is -2.14. The fourth-order valence-corrected chi connectivity index (χ4v) is 2.54. The summed E-state index contributed by atoms with van der Waals surface area (Å²) >= 11 is 1.00. The number of benzene rings is 1. The Balaban J connectivity index is 3.51. The third-order valence-corrected chi connectivity index (χ3v) is 3.58. The zero-order chi connectivity index (χ0) is 10.9. The van der Waals surface area contributed by atoms with Crippen molar-refractivity contribution in [2.75, 3.05) is 0 Å². The first-order valence-corrected chi connectivity index (χ1v) is 6.29. The van der Waals surface area contributed by atoms with Crippen molar-refractivity contribution in [3.05, 3.63) is 23.3 Å². The molecule has 1 aromatic rings. The van der Waals surface area contributed by atoms with Crippen LogP contribution in [0.25, 0.3) is 0 Å². The molecule has 0 atom stereocenters. The van der Waals surface area contributed by atoms with E-state index in [2.05, 4.69) is 0 Å². The largest absolute Gasteiger partial charge is 0.274 e. The summed E-state index contributed by atoms with van der Waals surface area (Å²) in [6, 6.07) is 3.32. The summed E-state index contributed by atoms with van der Waals surface area (Å²) in [5, 5.41) is 10.4. The van der Waals surface area contributed by atoms with Crippen molar-refractivity contribution < 1.29 is 8.42 Å². The Kier molecular flexibility index (Phi) is 3.20. The molecule has 14 heavy (non-hydrogen) atoms. The quantitative estimate of drug-likeness (QED) is 0.742. The third kappa shape index (κ3) is 2.27. The molecule has 0 saturated heterocycles. The Bertz CT molecular complexity index is 455. The van der Waals surface area contributed by atoms with E-state index >= 15 is 0 Å². The average molecular weight is 232 g/mol. The highest BCUT2D eigenvalue weighted by Gasteiger charge is 2.14. The SMILES string of the molecule is Cc1cc(SN)cc(S(N)(=O)=O)c1C. The first kappa shape index (κ1) is 11.5. The Morgan fingerprint density at radius 3 is 2.29 bits per heavy atom. The lowest BCUT2D eigenvalue weighted by atomic mass is 10.1. The van der Waals surface area contributed by atoms with Crippen LogP contribution in [-0.4, -0.2) is 8.42 Å². The predicted octanol–water partition coefficient (Wildman–Crippen LogP) is 0.917. The molecule has 0 spiro atoms. The molecular weight excluding hydrogens is 220 g/mol. The van der Waals surface area contributed by atoms with Crippen molar-refractivity contribution in [3.8, 4) is 0 Å². The predicted molar refractivity (Wildman–Crippen MR) is 57.3 cm³/mol. The summed E-state index contributed by atoms with van der Waals surface area (Å²) in [5.41, 5.74) is 1.54. The molecule has 0 aliphatic heterocycles. The molecule has 0 aliphatic carbocycles. The van der Waals surface area contributed by atoms with Crippen molar-refractivity contribution in [2.45, 2.75) is 23.6 Å². The van der Waals surface area contributed by atoms with Gasteiger partial charge >= 0.3 is 0 Å². The molecule has 1 aromatic carbocycles. The molecule has 0 amide bonds. The van der Waals surface area contributed by atoms with Crippen molar-refractivity contribution in [2.24, 2.45) is 10.3 Å². The Morgan fingerprint density at radius 2 is 1.86 bits per heavy atom. The van der Waals surface area contributed by atoms with Gasteiger partial charge in [-0.3, -0.25) is 5.14 Å². The van der Waals surface area contributed by atoms with Crippen LogP contribution in [0.2, 0.25) is 0 Å². The molecule has 0 fully saturated rings. The summed E-state index contributed by atoms with van der Waals surface area (Å²) in [6.45, 7) is 3.55. The maximum atomic E-state index is 11.2. The standard InChI is InChI=1S/C8H12N2O2S2/c1-5-3-7(13-9)4-8(6(5)2)14(10,11)12/h3-4H,9H2,1-2H3,(H2,10,11,12). The number of rotatable bonds is 2. The highest BCUT2D eigenvalue weighted by Crippen LogP contribution is 2.23. The Hall–Kier alpha value is -0.560. The second-order valence-electron chi connectivity index (χ2n) is 3.03. The fourth-order valence-electron chi connectivity index (χ4n) is 1.16. The van der Waals surface area contributed by atoms with E-state index in [4.69, 9.17) is 10.3 Å². The monoisotopic (exact) mass is 232 g/mol. The van der Waals surface area contributed by atoms with Crippen LogP contribution in [0.1, 0.15) is 11.1 Å². The second kappa shape index (κ2) is 3.90. The first-order valence-electron chi connectivity index (χ1n) is 3.87. The van der Waals surface area contributed by atoms with Crippen LogP contribution in [0.15, 0.2) is 21.9 Å². The van der Waals surface area contributed by atoms with Crippen molar-refractivity contribution in [1.82, 2.24) is 0 Å². The van der Waals surface area contributed by atoms with Gasteiger partial charge < -0.3 is 0 Å². The van der Waals surface area contributed by atoms with Gasteiger partial charge in [0.2, 0.25) is 10.0 Å². The molecule has 0 bridgehead atoms. The van der Waals surface area contributed by atoms with Crippen molar-refractivity contribution in [1.29, 1.82) is 0 Å². The van der Waals surface area contributed by atoms with Gasteiger partial charge in [0.1, 0.15) is 0 Å². The molecule has 0 aromatic heterocycles. The highest BCUT2D eigenvalue weighted by atomic mass is 32.2. The van der Waals surface area contributed by atoms with Crippen LogP contribution >= 0.6 is 11.9 Å². The summed E-state index contributed by atoms with van der Waals surface area (Å²) in [5.74, 6) is 0. The number of aryl methyl sites for hydroxylation is 1. The zero-order valence-corrected chi connectivity index (χ0v) is 9.58. The summed E-state index contributed by atoms with van der Waals surface area (Å²) in [4.78, 5) is 0.836. The average Bonchev–Trinajstić information content (AvgIpc) is 2.07. The van der Waals surface area contributed by atoms with E-state index in [1.807, 2.05) is 13.0 Å². The first-order chi connectivity index (χ1) is 6.36. The smallest absolute Gasteiger partial charge is 0.238 e. The van der Waals surface area contributed by atoms with Gasteiger partial charge in [-0.2, -0.15) is 0 Å². The van der Waals surface area contributed by atoms with Crippen LogP contribution < -0.4 is 10.3 Å². The van der Waals surface area contributed by atoms with E-state index in [-0.39, 0.29) is 4.90 Å². The van der Waals surface area contributed by atoms with E-state index < -0.39 is 10.0 Å². The molecule has 0 radical (unpaired) electrons. The molecule has 0 heterocycles. The summed E-state index contributed by atoms with van der Waals surface area (Å²) < 4.78 is 22.4. The summed E-state index contributed by atoms with van der Waals surface area (Å²) in [7, 11) is -3.66. The minimum Gasteiger partial charge on any atom is -0.274 e. The molecule has 4 N–H and O–H groups in total. The minimum atomic E-state index is -3.66. The van der Waals surface area contributed by atoms with Gasteiger partial charge in [-0.15, -0.1) is 0 Å². The molecule has 0 unspecified atom stereocenters. The van der Waals surface area contributed by atoms with Gasteiger partial charge in [-0.1, -0.05) is 0 Å². The van der Waals surface area contributed by atoms with E-state index in [1.54, 1.807) is 6.92 Å². The molecule has 6 heteroatoms. The number of primary sulfonamides is 1. The molecule has 4 nitrogen and oxygen atoms in total. The van der Waals surface area contributed by atoms with Crippen molar-refractivity contribution in [3.63, 3.8) is 0 Å². The van der Waals surface area contributed by atoms with E-state index in [0.29, 0.717) is 10.5 Å². The van der Waals surface area contributed by atoms with E-state index in [9.17, 15) is 8.42 Å². The molecular formula is C8H12N2O2S2. The van der Waals surface area contributed by atoms with Gasteiger partial charge in [0, 0.05) is 4.90 Å². The number of sulfonamides is 1.